The maximum Gasteiger partial charge on any atom is 0.264 e. The molecule has 0 aliphatic heterocycles. The van der Waals surface area contributed by atoms with Crippen LogP contribution in [-0.2, 0) is 32.6 Å². The number of rotatable bonds is 12. The molecule has 0 aliphatic carbocycles. The lowest BCUT2D eigenvalue weighted by Crippen LogP contribution is -2.53. The van der Waals surface area contributed by atoms with Crippen molar-refractivity contribution in [2.45, 2.75) is 37.8 Å². The van der Waals surface area contributed by atoms with Gasteiger partial charge in [-0.05, 0) is 67.4 Å². The Morgan fingerprint density at radius 2 is 1.55 bits per heavy atom. The molecule has 4 aromatic carbocycles. The molecule has 0 aliphatic rings. The van der Waals surface area contributed by atoms with Crippen molar-refractivity contribution in [1.82, 2.24) is 10.2 Å². The number of halogens is 3. The smallest absolute Gasteiger partial charge is 0.264 e. The summed E-state index contributed by atoms with van der Waals surface area (Å²) in [5.41, 5.74) is 2.65. The van der Waals surface area contributed by atoms with Gasteiger partial charge in [-0.1, -0.05) is 99.3 Å². The first kappa shape index (κ1) is 33.5. The second kappa shape index (κ2) is 15.1. The minimum atomic E-state index is -4.25. The lowest BCUT2D eigenvalue weighted by atomic mass is 10.0. The van der Waals surface area contributed by atoms with Crippen molar-refractivity contribution in [3.63, 3.8) is 0 Å². The number of nitrogens with zero attached hydrogens (tertiary/aromatic N) is 2. The molecule has 0 spiro atoms. The highest BCUT2D eigenvalue weighted by molar-refractivity contribution is 9.10. The van der Waals surface area contributed by atoms with Crippen LogP contribution in [0.25, 0.3) is 0 Å². The number of anilines is 1. The van der Waals surface area contributed by atoms with Crippen LogP contribution in [0.1, 0.15) is 23.6 Å². The van der Waals surface area contributed by atoms with Gasteiger partial charge in [0, 0.05) is 24.0 Å². The average Bonchev–Trinajstić information content (AvgIpc) is 3.00. The van der Waals surface area contributed by atoms with Crippen molar-refractivity contribution in [2.24, 2.45) is 0 Å². The number of likely N-dealkylation sites (N-methyl/N-ethyl adjacent to an activating group) is 1. The van der Waals surface area contributed by atoms with Gasteiger partial charge < -0.3 is 10.2 Å². The number of amides is 2. The van der Waals surface area contributed by atoms with Crippen LogP contribution >= 0.6 is 39.1 Å². The number of aryl methyl sites for hydroxylation is 1. The number of benzene rings is 4. The van der Waals surface area contributed by atoms with Gasteiger partial charge in [0.25, 0.3) is 10.0 Å². The Balaban J connectivity index is 1.81. The SMILES string of the molecule is CCNC(=O)[C@@H](Cc1ccccc1)N(Cc1cccc(Br)c1)C(=O)CN(c1ccc(Cl)c(Cl)c1)S(=O)(=O)c1ccc(C)cc1. The summed E-state index contributed by atoms with van der Waals surface area (Å²) in [5, 5.41) is 3.23. The van der Waals surface area contributed by atoms with E-state index in [9.17, 15) is 18.0 Å². The second-order valence-electron chi connectivity index (χ2n) is 10.2. The van der Waals surface area contributed by atoms with E-state index in [-0.39, 0.29) is 39.5 Å². The molecule has 0 saturated heterocycles. The lowest BCUT2D eigenvalue weighted by molar-refractivity contribution is -0.140. The molecule has 230 valence electrons. The van der Waals surface area contributed by atoms with Crippen molar-refractivity contribution in [1.29, 1.82) is 0 Å². The molecule has 0 aromatic heterocycles. The standard InChI is InChI=1S/C33H32BrCl2N3O4S/c1-3-37-33(41)31(19-24-8-5-4-6-9-24)38(21-25-10-7-11-26(34)18-25)32(40)22-39(27-14-17-29(35)30(36)20-27)44(42,43)28-15-12-23(2)13-16-28/h4-18,20,31H,3,19,21-22H2,1-2H3,(H,37,41)/t31-/m1/s1. The molecular weight excluding hydrogens is 685 g/mol. The molecule has 0 fully saturated rings. The summed E-state index contributed by atoms with van der Waals surface area (Å²) in [5.74, 6) is -0.916. The molecule has 0 unspecified atom stereocenters. The predicted molar refractivity (Wildman–Crippen MR) is 179 cm³/mol. The Morgan fingerprint density at radius 1 is 0.864 bits per heavy atom. The molecule has 44 heavy (non-hydrogen) atoms. The number of carbonyl (C=O) groups is 2. The first-order valence-corrected chi connectivity index (χ1v) is 16.9. The molecule has 1 atom stereocenters. The van der Waals surface area contributed by atoms with Gasteiger partial charge in [0.2, 0.25) is 11.8 Å². The first-order chi connectivity index (χ1) is 21.0. The van der Waals surface area contributed by atoms with Crippen molar-refractivity contribution in [3.8, 4) is 0 Å². The van der Waals surface area contributed by atoms with Gasteiger partial charge in [0.1, 0.15) is 12.6 Å². The van der Waals surface area contributed by atoms with Crippen LogP contribution < -0.4 is 9.62 Å². The molecule has 1 N–H and O–H groups in total. The summed E-state index contributed by atoms with van der Waals surface area (Å²) in [6.45, 7) is 3.49. The molecule has 0 heterocycles. The number of carbonyl (C=O) groups excluding carboxylic acids is 2. The zero-order valence-corrected chi connectivity index (χ0v) is 28.1. The molecule has 0 saturated carbocycles. The third-order valence-electron chi connectivity index (χ3n) is 6.94. The average molecular weight is 718 g/mol. The fraction of sp³-hybridized carbons (Fsp3) is 0.212. The fourth-order valence-electron chi connectivity index (χ4n) is 4.68. The third-order valence-corrected chi connectivity index (χ3v) is 9.96. The van der Waals surface area contributed by atoms with E-state index in [0.717, 1.165) is 25.5 Å². The molecule has 7 nitrogen and oxygen atoms in total. The van der Waals surface area contributed by atoms with Crippen molar-refractivity contribution in [2.75, 3.05) is 17.4 Å². The van der Waals surface area contributed by atoms with Gasteiger partial charge in [-0.3, -0.25) is 13.9 Å². The van der Waals surface area contributed by atoms with Crippen LogP contribution in [0, 0.1) is 6.92 Å². The Kier molecular flexibility index (Phi) is 11.5. The Bertz CT molecular complexity index is 1720. The first-order valence-electron chi connectivity index (χ1n) is 13.9. The zero-order valence-electron chi connectivity index (χ0n) is 24.2. The molecular formula is C33H32BrCl2N3O4S. The van der Waals surface area contributed by atoms with E-state index in [1.807, 2.05) is 61.5 Å². The Hall–Kier alpha value is -3.37. The molecule has 4 aromatic rings. The van der Waals surface area contributed by atoms with E-state index in [1.165, 1.54) is 35.2 Å². The zero-order chi connectivity index (χ0) is 31.9. The molecule has 2 amide bonds. The van der Waals surface area contributed by atoms with Crippen LogP contribution in [0.3, 0.4) is 0 Å². The summed E-state index contributed by atoms with van der Waals surface area (Å²) in [7, 11) is -4.25. The lowest BCUT2D eigenvalue weighted by Gasteiger charge is -2.34. The summed E-state index contributed by atoms with van der Waals surface area (Å²) in [4.78, 5) is 29.4. The van der Waals surface area contributed by atoms with Crippen LogP contribution in [0.5, 0.6) is 0 Å². The van der Waals surface area contributed by atoms with Gasteiger partial charge in [0.15, 0.2) is 0 Å². The van der Waals surface area contributed by atoms with Crippen LogP contribution in [0.4, 0.5) is 5.69 Å². The highest BCUT2D eigenvalue weighted by atomic mass is 79.9. The van der Waals surface area contributed by atoms with E-state index in [0.29, 0.717) is 6.54 Å². The largest absolute Gasteiger partial charge is 0.355 e. The molecule has 4 rings (SSSR count). The highest BCUT2D eigenvalue weighted by Crippen LogP contribution is 2.31. The quantitative estimate of drug-likeness (QED) is 0.171. The summed E-state index contributed by atoms with van der Waals surface area (Å²) >= 11 is 15.9. The summed E-state index contributed by atoms with van der Waals surface area (Å²) < 4.78 is 30.0. The van der Waals surface area contributed by atoms with Crippen molar-refractivity contribution in [3.05, 3.63) is 128 Å². The minimum Gasteiger partial charge on any atom is -0.355 e. The van der Waals surface area contributed by atoms with Crippen molar-refractivity contribution >= 4 is 66.7 Å². The van der Waals surface area contributed by atoms with E-state index < -0.39 is 28.5 Å². The molecule has 0 radical (unpaired) electrons. The Labute approximate surface area is 277 Å². The topological polar surface area (TPSA) is 86.8 Å². The highest BCUT2D eigenvalue weighted by Gasteiger charge is 2.34. The maximum atomic E-state index is 14.4. The van der Waals surface area contributed by atoms with E-state index in [4.69, 9.17) is 23.2 Å². The van der Waals surface area contributed by atoms with Crippen LogP contribution in [-0.4, -0.2) is 44.3 Å². The monoisotopic (exact) mass is 715 g/mol. The van der Waals surface area contributed by atoms with Crippen LogP contribution in [0.2, 0.25) is 10.0 Å². The van der Waals surface area contributed by atoms with E-state index >= 15 is 0 Å². The van der Waals surface area contributed by atoms with Crippen molar-refractivity contribution < 1.29 is 18.0 Å². The van der Waals surface area contributed by atoms with Gasteiger partial charge in [-0.2, -0.15) is 0 Å². The third kappa shape index (κ3) is 8.41. The summed E-state index contributed by atoms with van der Waals surface area (Å²) in [6.07, 6.45) is 0.226. The number of hydrogen-bond acceptors (Lipinski definition) is 4. The van der Waals surface area contributed by atoms with Gasteiger partial charge >= 0.3 is 0 Å². The predicted octanol–water partition coefficient (Wildman–Crippen LogP) is 7.04. The van der Waals surface area contributed by atoms with E-state index in [2.05, 4.69) is 21.2 Å². The second-order valence-corrected chi connectivity index (χ2v) is 13.8. The number of hydrogen-bond donors (Lipinski definition) is 1. The van der Waals surface area contributed by atoms with Crippen LogP contribution in [0.15, 0.2) is 106 Å². The van der Waals surface area contributed by atoms with Gasteiger partial charge in [0.05, 0.1) is 20.6 Å². The normalized spacial score (nSPS) is 11.9. The Morgan fingerprint density at radius 3 is 2.18 bits per heavy atom. The summed E-state index contributed by atoms with van der Waals surface area (Å²) in [6, 6.07) is 26.6. The number of sulfonamides is 1. The van der Waals surface area contributed by atoms with Gasteiger partial charge in [-0.15, -0.1) is 0 Å². The van der Waals surface area contributed by atoms with E-state index in [1.54, 1.807) is 19.1 Å². The minimum absolute atomic E-state index is 0.00470. The molecule has 0 bridgehead atoms. The maximum absolute atomic E-state index is 14.4. The fourth-order valence-corrected chi connectivity index (χ4v) is 6.83. The number of nitrogens with one attached hydrogen (secondary N) is 1. The van der Waals surface area contributed by atoms with Gasteiger partial charge in [-0.25, -0.2) is 8.42 Å². The molecule has 11 heteroatoms.